The maximum Gasteiger partial charge on any atom is 0.168 e. The van der Waals surface area contributed by atoms with Crippen LogP contribution < -0.4 is 4.57 Å². The van der Waals surface area contributed by atoms with Gasteiger partial charge < -0.3 is 9.47 Å². The van der Waals surface area contributed by atoms with Crippen molar-refractivity contribution in [3.63, 3.8) is 0 Å². The zero-order chi connectivity index (χ0) is 24.2. The topological polar surface area (TPSA) is 22.3 Å². The van der Waals surface area contributed by atoms with Crippen LogP contribution in [0.2, 0.25) is 0 Å². The van der Waals surface area contributed by atoms with Gasteiger partial charge in [0, 0.05) is 45.0 Å². The van der Waals surface area contributed by atoms with E-state index in [1.165, 1.54) is 116 Å². The molecule has 1 aromatic heterocycles. The summed E-state index contributed by atoms with van der Waals surface area (Å²) in [6.07, 6.45) is 31.6. The van der Waals surface area contributed by atoms with Gasteiger partial charge in [0.05, 0.1) is 0 Å². The fourth-order valence-electron chi connectivity index (χ4n) is 4.48. The van der Waals surface area contributed by atoms with E-state index in [1.807, 2.05) is 0 Å². The average Bonchev–Trinajstić information content (AvgIpc) is 2.87. The third-order valence-corrected chi connectivity index (χ3v) is 6.70. The second-order valence-corrected chi connectivity index (χ2v) is 10.1. The van der Waals surface area contributed by atoms with Gasteiger partial charge in [-0.1, -0.05) is 109 Å². The number of pyridine rings is 1. The molecular formula is C31H58NO2+. The first-order valence-electron chi connectivity index (χ1n) is 15.0. The lowest BCUT2D eigenvalue weighted by atomic mass is 10.0. The quantitative estimate of drug-likeness (QED) is 0.0934. The minimum absolute atomic E-state index is 0.840. The molecule has 0 saturated carbocycles. The van der Waals surface area contributed by atoms with E-state index in [0.29, 0.717) is 0 Å². The van der Waals surface area contributed by atoms with Gasteiger partial charge in [0.1, 0.15) is 6.54 Å². The van der Waals surface area contributed by atoms with Gasteiger partial charge in [-0.05, 0) is 25.7 Å². The highest BCUT2D eigenvalue weighted by Crippen LogP contribution is 2.13. The zero-order valence-corrected chi connectivity index (χ0v) is 22.8. The fraction of sp³-hybridized carbons (Fsp3) is 0.839. The number of aryl methyl sites for hydroxylation is 1. The molecule has 0 fully saturated rings. The molecule has 1 rings (SSSR count). The Bertz CT molecular complexity index is 493. The Labute approximate surface area is 213 Å². The Morgan fingerprint density at radius 3 is 1.26 bits per heavy atom. The molecule has 1 heterocycles. The molecule has 0 unspecified atom stereocenters. The number of hydrogen-bond donors (Lipinski definition) is 0. The predicted molar refractivity (Wildman–Crippen MR) is 146 cm³/mol. The molecule has 3 nitrogen and oxygen atoms in total. The second-order valence-electron chi connectivity index (χ2n) is 10.1. The summed E-state index contributed by atoms with van der Waals surface area (Å²) in [6.45, 7) is 6.90. The van der Waals surface area contributed by atoms with Crippen LogP contribution in [0.25, 0.3) is 0 Å². The lowest BCUT2D eigenvalue weighted by Crippen LogP contribution is -2.32. The lowest BCUT2D eigenvalue weighted by molar-refractivity contribution is -0.697. The number of nitrogens with zero attached hydrogens (tertiary/aromatic N) is 1. The molecule has 1 aromatic rings. The predicted octanol–water partition coefficient (Wildman–Crippen LogP) is 8.83. The maximum absolute atomic E-state index is 5.76. The monoisotopic (exact) mass is 476 g/mol. The van der Waals surface area contributed by atoms with Crippen molar-refractivity contribution in [1.82, 2.24) is 0 Å². The summed E-state index contributed by atoms with van der Waals surface area (Å²) in [6, 6.07) is 6.24. The number of hydrogen-bond acceptors (Lipinski definition) is 2. The molecule has 0 atom stereocenters. The van der Waals surface area contributed by atoms with Crippen molar-refractivity contribution in [2.75, 3.05) is 26.4 Å². The van der Waals surface area contributed by atoms with Crippen LogP contribution in [0.3, 0.4) is 0 Å². The third kappa shape index (κ3) is 22.8. The van der Waals surface area contributed by atoms with Gasteiger partial charge >= 0.3 is 0 Å². The lowest BCUT2D eigenvalue weighted by Gasteiger charge is -2.06. The van der Waals surface area contributed by atoms with Crippen molar-refractivity contribution in [3.8, 4) is 0 Å². The SMILES string of the molecule is CCCCCCCCCCCCCCCCCCOCCCOCCCCC[n+]1ccccc1. The first-order chi connectivity index (χ1) is 16.9. The van der Waals surface area contributed by atoms with E-state index in [2.05, 4.69) is 42.1 Å². The highest BCUT2D eigenvalue weighted by molar-refractivity contribution is 4.83. The van der Waals surface area contributed by atoms with Gasteiger partial charge in [0.2, 0.25) is 0 Å². The molecule has 0 aliphatic rings. The summed E-state index contributed by atoms with van der Waals surface area (Å²) in [7, 11) is 0. The Hall–Kier alpha value is -0.930. The first kappa shape index (κ1) is 31.1. The molecule has 0 aliphatic carbocycles. The van der Waals surface area contributed by atoms with Gasteiger partial charge in [0.25, 0.3) is 0 Å². The minimum atomic E-state index is 0.840. The summed E-state index contributed by atoms with van der Waals surface area (Å²) in [5, 5.41) is 0. The van der Waals surface area contributed by atoms with Crippen molar-refractivity contribution in [2.24, 2.45) is 0 Å². The smallest absolute Gasteiger partial charge is 0.168 e. The van der Waals surface area contributed by atoms with E-state index in [4.69, 9.17) is 9.47 Å². The molecule has 0 amide bonds. The van der Waals surface area contributed by atoms with E-state index in [1.54, 1.807) is 0 Å². The first-order valence-corrected chi connectivity index (χ1v) is 15.0. The van der Waals surface area contributed by atoms with E-state index in [0.717, 1.165) is 45.8 Å². The Morgan fingerprint density at radius 1 is 0.412 bits per heavy atom. The van der Waals surface area contributed by atoms with E-state index in [-0.39, 0.29) is 0 Å². The molecule has 34 heavy (non-hydrogen) atoms. The zero-order valence-electron chi connectivity index (χ0n) is 22.8. The molecule has 0 saturated heterocycles. The van der Waals surface area contributed by atoms with Gasteiger partial charge in [-0.3, -0.25) is 0 Å². The van der Waals surface area contributed by atoms with Gasteiger partial charge in [-0.25, -0.2) is 4.57 Å². The van der Waals surface area contributed by atoms with Crippen LogP contribution in [0.4, 0.5) is 0 Å². The van der Waals surface area contributed by atoms with E-state index >= 15 is 0 Å². The largest absolute Gasteiger partial charge is 0.381 e. The molecule has 0 bridgehead atoms. The number of unbranched alkanes of at least 4 members (excludes halogenated alkanes) is 17. The van der Waals surface area contributed by atoms with Crippen molar-refractivity contribution in [1.29, 1.82) is 0 Å². The van der Waals surface area contributed by atoms with Crippen molar-refractivity contribution in [3.05, 3.63) is 30.6 Å². The molecule has 0 radical (unpaired) electrons. The van der Waals surface area contributed by atoms with Crippen LogP contribution in [0.1, 0.15) is 135 Å². The molecule has 198 valence electrons. The summed E-state index contributed by atoms with van der Waals surface area (Å²) in [4.78, 5) is 0. The van der Waals surface area contributed by atoms with Crippen LogP contribution >= 0.6 is 0 Å². The maximum atomic E-state index is 5.76. The molecule has 0 aromatic carbocycles. The number of ether oxygens (including phenoxy) is 2. The van der Waals surface area contributed by atoms with Crippen LogP contribution in [0.5, 0.6) is 0 Å². The van der Waals surface area contributed by atoms with E-state index in [9.17, 15) is 0 Å². The number of aromatic nitrogens is 1. The summed E-state index contributed by atoms with van der Waals surface area (Å²) < 4.78 is 13.7. The highest BCUT2D eigenvalue weighted by Gasteiger charge is 1.98. The van der Waals surface area contributed by atoms with Crippen molar-refractivity contribution >= 4 is 0 Å². The summed E-state index contributed by atoms with van der Waals surface area (Å²) >= 11 is 0. The summed E-state index contributed by atoms with van der Waals surface area (Å²) in [5.74, 6) is 0. The highest BCUT2D eigenvalue weighted by atomic mass is 16.5. The Morgan fingerprint density at radius 2 is 0.794 bits per heavy atom. The molecule has 0 aliphatic heterocycles. The number of rotatable bonds is 27. The van der Waals surface area contributed by atoms with E-state index < -0.39 is 0 Å². The standard InChI is InChI=1S/C31H58NO2/c1-2-3-4-5-6-7-8-9-10-11-12-13-14-15-16-22-28-33-30-24-31-34-29-23-18-21-27-32-25-19-17-20-26-32/h17,19-20,25-26H,2-16,18,21-24,27-31H2,1H3/q+1. The van der Waals surface area contributed by atoms with Gasteiger partial charge in [0.15, 0.2) is 12.4 Å². The van der Waals surface area contributed by atoms with Crippen LogP contribution in [-0.2, 0) is 16.0 Å². The van der Waals surface area contributed by atoms with Crippen molar-refractivity contribution in [2.45, 2.75) is 142 Å². The Kier molecular flexibility index (Phi) is 24.4. The van der Waals surface area contributed by atoms with Crippen molar-refractivity contribution < 1.29 is 14.0 Å². The minimum Gasteiger partial charge on any atom is -0.381 e. The average molecular weight is 477 g/mol. The molecular weight excluding hydrogens is 418 g/mol. The molecule has 0 N–H and O–H groups in total. The normalized spacial score (nSPS) is 11.3. The summed E-state index contributed by atoms with van der Waals surface area (Å²) in [5.41, 5.74) is 0. The van der Waals surface area contributed by atoms with Crippen LogP contribution in [0, 0.1) is 0 Å². The van der Waals surface area contributed by atoms with Gasteiger partial charge in [-0.2, -0.15) is 0 Å². The second kappa shape index (κ2) is 26.7. The van der Waals surface area contributed by atoms with Crippen LogP contribution in [0.15, 0.2) is 30.6 Å². The fourth-order valence-corrected chi connectivity index (χ4v) is 4.48. The Balaban J connectivity index is 1.64. The van der Waals surface area contributed by atoms with Gasteiger partial charge in [-0.15, -0.1) is 0 Å². The third-order valence-electron chi connectivity index (χ3n) is 6.70. The molecule has 0 spiro atoms. The van der Waals surface area contributed by atoms with Crippen LogP contribution in [-0.4, -0.2) is 26.4 Å². The molecule has 3 heteroatoms.